The second-order valence-electron chi connectivity index (χ2n) is 6.01. The van der Waals surface area contributed by atoms with Gasteiger partial charge in [0.05, 0.1) is 21.0 Å². The molecular weight excluding hydrogens is 498 g/mol. The average molecular weight is 507 g/mol. The Kier molecular flexibility index (Phi) is 7.02. The van der Waals surface area contributed by atoms with Crippen molar-refractivity contribution in [2.75, 3.05) is 5.32 Å². The summed E-state index contributed by atoms with van der Waals surface area (Å²) in [5.74, 6) is 0. The van der Waals surface area contributed by atoms with E-state index in [9.17, 15) is 31.6 Å². The molecule has 0 saturated carbocycles. The minimum absolute atomic E-state index is 0.0408. The molecular formula is C19H9ClF6N4S2. The number of hydrogen-bond donors (Lipinski definition) is 1. The number of alkyl halides is 6. The monoisotopic (exact) mass is 506 g/mol. The third-order valence-electron chi connectivity index (χ3n) is 3.80. The molecule has 0 unspecified atom stereocenters. The molecule has 0 aliphatic rings. The number of pyridine rings is 1. The lowest BCUT2D eigenvalue weighted by atomic mass is 10.2. The van der Waals surface area contributed by atoms with Crippen LogP contribution in [0.2, 0.25) is 5.02 Å². The van der Waals surface area contributed by atoms with Crippen LogP contribution in [0.4, 0.5) is 32.0 Å². The van der Waals surface area contributed by atoms with Gasteiger partial charge < -0.3 is 5.32 Å². The summed E-state index contributed by atoms with van der Waals surface area (Å²) in [5.41, 5.74) is -1.50. The third kappa shape index (κ3) is 5.73. The van der Waals surface area contributed by atoms with E-state index in [1.807, 2.05) is 6.07 Å². The van der Waals surface area contributed by atoms with Crippen molar-refractivity contribution >= 4 is 46.7 Å². The van der Waals surface area contributed by atoms with Crippen LogP contribution >= 0.6 is 34.9 Å². The molecule has 0 aliphatic carbocycles. The maximum atomic E-state index is 12.8. The lowest BCUT2D eigenvalue weighted by molar-refractivity contribution is -0.138. The van der Waals surface area contributed by atoms with Gasteiger partial charge in [-0.3, -0.25) is 0 Å². The molecule has 13 heteroatoms. The van der Waals surface area contributed by atoms with Crippen LogP contribution < -0.4 is 5.32 Å². The SMILES string of the molecule is N#Cc1c(Sc2ncc(C(F)(F)F)cc2Cl)nsc1/C=C/Nc1cccc(C(F)(F)F)c1. The minimum atomic E-state index is -4.59. The Balaban J connectivity index is 1.77. The van der Waals surface area contributed by atoms with Gasteiger partial charge in [-0.2, -0.15) is 36.0 Å². The van der Waals surface area contributed by atoms with Crippen LogP contribution in [-0.4, -0.2) is 9.36 Å². The normalized spacial score (nSPS) is 12.2. The predicted molar refractivity (Wildman–Crippen MR) is 109 cm³/mol. The number of nitrogens with zero attached hydrogens (tertiary/aromatic N) is 3. The number of anilines is 1. The van der Waals surface area contributed by atoms with Gasteiger partial charge >= 0.3 is 12.4 Å². The molecule has 3 aromatic rings. The zero-order valence-electron chi connectivity index (χ0n) is 15.4. The van der Waals surface area contributed by atoms with Gasteiger partial charge in [-0.15, -0.1) is 0 Å². The molecule has 2 aromatic heterocycles. The predicted octanol–water partition coefficient (Wildman–Crippen LogP) is 7.33. The van der Waals surface area contributed by atoms with E-state index in [1.165, 1.54) is 24.4 Å². The minimum Gasteiger partial charge on any atom is -0.362 e. The van der Waals surface area contributed by atoms with E-state index in [0.29, 0.717) is 11.1 Å². The second kappa shape index (κ2) is 9.40. The largest absolute Gasteiger partial charge is 0.417 e. The molecule has 3 rings (SSSR count). The molecule has 0 saturated heterocycles. The van der Waals surface area contributed by atoms with Crippen LogP contribution in [0.1, 0.15) is 21.6 Å². The molecule has 1 N–H and O–H groups in total. The van der Waals surface area contributed by atoms with Crippen molar-refractivity contribution in [2.45, 2.75) is 22.4 Å². The van der Waals surface area contributed by atoms with E-state index in [4.69, 9.17) is 11.6 Å². The summed E-state index contributed by atoms with van der Waals surface area (Å²) in [6.07, 6.45) is -5.65. The Morgan fingerprint density at radius 2 is 1.78 bits per heavy atom. The van der Waals surface area contributed by atoms with Crippen LogP contribution in [-0.2, 0) is 12.4 Å². The topological polar surface area (TPSA) is 61.6 Å². The number of hydrogen-bond acceptors (Lipinski definition) is 6. The van der Waals surface area contributed by atoms with Crippen molar-refractivity contribution in [3.05, 3.63) is 69.3 Å². The van der Waals surface area contributed by atoms with Crippen molar-refractivity contribution in [1.29, 1.82) is 5.26 Å². The fourth-order valence-corrected chi connectivity index (χ4v) is 4.26. The van der Waals surface area contributed by atoms with Crippen molar-refractivity contribution in [3.63, 3.8) is 0 Å². The first kappa shape index (κ1) is 23.9. The van der Waals surface area contributed by atoms with Crippen molar-refractivity contribution in [3.8, 4) is 6.07 Å². The van der Waals surface area contributed by atoms with Crippen molar-refractivity contribution in [2.24, 2.45) is 0 Å². The Bertz CT molecular complexity index is 1200. The first-order chi connectivity index (χ1) is 15.0. The quantitative estimate of drug-likeness (QED) is 0.367. The highest BCUT2D eigenvalue weighted by Gasteiger charge is 2.32. The maximum Gasteiger partial charge on any atom is 0.417 e. The summed E-state index contributed by atoms with van der Waals surface area (Å²) in [6.45, 7) is 0. The van der Waals surface area contributed by atoms with Crippen LogP contribution in [0.15, 0.2) is 52.8 Å². The molecule has 0 radical (unpaired) electrons. The van der Waals surface area contributed by atoms with Gasteiger partial charge in [-0.25, -0.2) is 4.98 Å². The fraction of sp³-hybridized carbons (Fsp3) is 0.105. The molecule has 0 amide bonds. The molecule has 2 heterocycles. The van der Waals surface area contributed by atoms with Crippen LogP contribution in [0.3, 0.4) is 0 Å². The average Bonchev–Trinajstić information content (AvgIpc) is 3.09. The summed E-state index contributed by atoms with van der Waals surface area (Å²) in [5, 5.41) is 12.1. The standard InChI is InChI=1S/C19H9ClF6N4S2/c20-14-7-11(19(24,25)26)9-29-17(14)31-16-13(8-27)15(32-30-16)4-5-28-12-3-1-2-10(6-12)18(21,22)23/h1-7,9,28H/b5-4+. The van der Waals surface area contributed by atoms with Gasteiger partial charge in [-0.05, 0) is 53.6 Å². The first-order valence-corrected chi connectivity index (χ1v) is 10.4. The number of halogens is 7. The first-order valence-electron chi connectivity index (χ1n) is 8.39. The summed E-state index contributed by atoms with van der Waals surface area (Å²) >= 11 is 7.64. The number of rotatable bonds is 5. The molecule has 0 fully saturated rings. The highest BCUT2D eigenvalue weighted by molar-refractivity contribution is 7.99. The molecule has 0 aliphatic heterocycles. The van der Waals surface area contributed by atoms with Gasteiger partial charge in [0.2, 0.25) is 0 Å². The lowest BCUT2D eigenvalue weighted by Gasteiger charge is -2.08. The summed E-state index contributed by atoms with van der Waals surface area (Å²) in [4.78, 5) is 4.09. The smallest absolute Gasteiger partial charge is 0.362 e. The summed E-state index contributed by atoms with van der Waals surface area (Å²) in [7, 11) is 0. The number of benzene rings is 1. The molecule has 1 aromatic carbocycles. The van der Waals surface area contributed by atoms with E-state index in [-0.39, 0.29) is 26.3 Å². The molecule has 0 bridgehead atoms. The second-order valence-corrected chi connectivity index (χ2v) is 8.20. The molecule has 32 heavy (non-hydrogen) atoms. The van der Waals surface area contributed by atoms with Crippen LogP contribution in [0.25, 0.3) is 6.08 Å². The fourth-order valence-electron chi connectivity index (χ4n) is 2.32. The number of nitriles is 1. The van der Waals surface area contributed by atoms with Crippen molar-refractivity contribution in [1.82, 2.24) is 9.36 Å². The molecule has 166 valence electrons. The molecule has 0 spiro atoms. The van der Waals surface area contributed by atoms with Crippen LogP contribution in [0.5, 0.6) is 0 Å². The Hall–Kier alpha value is -2.75. The zero-order valence-corrected chi connectivity index (χ0v) is 17.8. The van der Waals surface area contributed by atoms with Gasteiger partial charge in [0.1, 0.15) is 21.7 Å². The summed E-state index contributed by atoms with van der Waals surface area (Å²) < 4.78 is 80.7. The highest BCUT2D eigenvalue weighted by atomic mass is 35.5. The van der Waals surface area contributed by atoms with Crippen molar-refractivity contribution < 1.29 is 26.3 Å². The van der Waals surface area contributed by atoms with E-state index in [2.05, 4.69) is 14.7 Å². The zero-order chi connectivity index (χ0) is 23.5. The van der Waals surface area contributed by atoms with E-state index in [0.717, 1.165) is 41.5 Å². The molecule has 4 nitrogen and oxygen atoms in total. The van der Waals surface area contributed by atoms with E-state index < -0.39 is 23.5 Å². The van der Waals surface area contributed by atoms with Gasteiger partial charge in [0.15, 0.2) is 0 Å². The van der Waals surface area contributed by atoms with Crippen LogP contribution in [0, 0.1) is 11.3 Å². The Labute approximate surface area is 190 Å². The van der Waals surface area contributed by atoms with E-state index in [1.54, 1.807) is 0 Å². The Morgan fingerprint density at radius 1 is 1.06 bits per heavy atom. The number of nitrogens with one attached hydrogen (secondary N) is 1. The van der Waals surface area contributed by atoms with Gasteiger partial charge in [-0.1, -0.05) is 17.7 Å². The third-order valence-corrected chi connectivity index (χ3v) is 6.14. The summed E-state index contributed by atoms with van der Waals surface area (Å²) in [6, 6.07) is 7.24. The highest BCUT2D eigenvalue weighted by Crippen LogP contribution is 2.38. The lowest BCUT2D eigenvalue weighted by Crippen LogP contribution is -2.05. The maximum absolute atomic E-state index is 12.8. The molecule has 0 atom stereocenters. The van der Waals surface area contributed by atoms with Gasteiger partial charge in [0.25, 0.3) is 0 Å². The Morgan fingerprint density at radius 3 is 2.41 bits per heavy atom. The van der Waals surface area contributed by atoms with E-state index >= 15 is 0 Å². The van der Waals surface area contributed by atoms with Gasteiger partial charge in [0, 0.05) is 18.1 Å². The number of aromatic nitrogens is 2.